The normalized spacial score (nSPS) is 10.5. The molecule has 0 unspecified atom stereocenters. The Morgan fingerprint density at radius 1 is 1.18 bits per heavy atom. The maximum Gasteiger partial charge on any atom is 0.0704 e. The van der Waals surface area contributed by atoms with Gasteiger partial charge in [0.15, 0.2) is 0 Å². The molecule has 2 rings (SSSR count). The number of nitrogens with two attached hydrogens (primary N) is 1. The van der Waals surface area contributed by atoms with Crippen LogP contribution in [0.2, 0.25) is 5.02 Å². The summed E-state index contributed by atoms with van der Waals surface area (Å²) in [4.78, 5) is 8.60. The minimum absolute atomic E-state index is 0.645. The highest BCUT2D eigenvalue weighted by Gasteiger charge is 2.01. The molecule has 0 amide bonds. The van der Waals surface area contributed by atoms with Gasteiger partial charge < -0.3 is 5.73 Å². The molecule has 0 aliphatic carbocycles. The molecule has 2 heterocycles. The van der Waals surface area contributed by atoms with E-state index < -0.39 is 0 Å². The summed E-state index contributed by atoms with van der Waals surface area (Å²) >= 11 is 5.81. The Morgan fingerprint density at radius 3 is 2.76 bits per heavy atom. The molecule has 0 saturated heterocycles. The first-order chi connectivity index (χ1) is 8.29. The van der Waals surface area contributed by atoms with Gasteiger partial charge in [-0.3, -0.25) is 9.97 Å². The monoisotopic (exact) mass is 247 g/mol. The summed E-state index contributed by atoms with van der Waals surface area (Å²) in [5.74, 6) is 0. The van der Waals surface area contributed by atoms with Gasteiger partial charge in [0.2, 0.25) is 0 Å². The number of halogens is 1. The number of aromatic nitrogens is 2. The zero-order valence-corrected chi connectivity index (χ0v) is 10.2. The molecule has 3 nitrogen and oxygen atoms in total. The van der Waals surface area contributed by atoms with E-state index in [2.05, 4.69) is 9.97 Å². The van der Waals surface area contributed by atoms with Crippen LogP contribution >= 0.6 is 11.6 Å². The molecule has 0 aliphatic rings. The van der Waals surface area contributed by atoms with Crippen molar-refractivity contribution in [3.05, 3.63) is 47.4 Å². The topological polar surface area (TPSA) is 51.8 Å². The van der Waals surface area contributed by atoms with Crippen LogP contribution < -0.4 is 5.73 Å². The third-order valence-electron chi connectivity index (χ3n) is 2.48. The molecule has 2 N–H and O–H groups in total. The van der Waals surface area contributed by atoms with Crippen molar-refractivity contribution in [1.82, 2.24) is 9.97 Å². The van der Waals surface area contributed by atoms with Crippen LogP contribution in [0, 0.1) is 0 Å². The molecule has 0 radical (unpaired) electrons. The van der Waals surface area contributed by atoms with Crippen molar-refractivity contribution in [2.75, 3.05) is 6.54 Å². The highest BCUT2D eigenvalue weighted by molar-refractivity contribution is 6.30. The van der Waals surface area contributed by atoms with Gasteiger partial charge in [-0.05, 0) is 43.7 Å². The standard InChI is InChI=1S/C13H14ClN3/c14-11-3-4-13(17-9-11)10-5-7-16-12(8-10)2-1-6-15/h3-5,7-9H,1-2,6,15H2. The molecule has 4 heteroatoms. The minimum atomic E-state index is 0.645. The fourth-order valence-electron chi connectivity index (χ4n) is 1.60. The smallest absolute Gasteiger partial charge is 0.0704 e. The molecule has 0 fully saturated rings. The van der Waals surface area contributed by atoms with Crippen molar-refractivity contribution in [1.29, 1.82) is 0 Å². The van der Waals surface area contributed by atoms with Crippen LogP contribution in [0.3, 0.4) is 0 Å². The van der Waals surface area contributed by atoms with E-state index >= 15 is 0 Å². The third-order valence-corrected chi connectivity index (χ3v) is 2.70. The summed E-state index contributed by atoms with van der Waals surface area (Å²) < 4.78 is 0. The molecule has 88 valence electrons. The lowest BCUT2D eigenvalue weighted by Crippen LogP contribution is -2.01. The second-order valence-electron chi connectivity index (χ2n) is 3.79. The molecule has 0 aromatic carbocycles. The fourth-order valence-corrected chi connectivity index (χ4v) is 1.72. The van der Waals surface area contributed by atoms with Gasteiger partial charge in [0.05, 0.1) is 10.7 Å². The Hall–Kier alpha value is -1.45. The number of rotatable bonds is 4. The summed E-state index contributed by atoms with van der Waals surface area (Å²) in [5.41, 5.74) is 8.50. The zero-order valence-electron chi connectivity index (χ0n) is 9.44. The molecule has 2 aromatic heterocycles. The van der Waals surface area contributed by atoms with Gasteiger partial charge in [0.1, 0.15) is 0 Å². The SMILES string of the molecule is NCCCc1cc(-c2ccc(Cl)cn2)ccn1. The van der Waals surface area contributed by atoms with Gasteiger partial charge in [0, 0.05) is 23.7 Å². The second-order valence-corrected chi connectivity index (χ2v) is 4.23. The van der Waals surface area contributed by atoms with Gasteiger partial charge in [-0.25, -0.2) is 0 Å². The van der Waals surface area contributed by atoms with E-state index in [1.54, 1.807) is 12.4 Å². The number of pyridine rings is 2. The predicted molar refractivity (Wildman–Crippen MR) is 69.9 cm³/mol. The first kappa shape index (κ1) is 12.0. The lowest BCUT2D eigenvalue weighted by molar-refractivity contribution is 0.811. The number of nitrogens with zero attached hydrogens (tertiary/aromatic N) is 2. The number of aryl methyl sites for hydroxylation is 1. The molecular formula is C13H14ClN3. The molecular weight excluding hydrogens is 234 g/mol. The summed E-state index contributed by atoms with van der Waals surface area (Å²) in [6.07, 6.45) is 5.30. The van der Waals surface area contributed by atoms with Crippen molar-refractivity contribution in [2.24, 2.45) is 5.73 Å². The Morgan fingerprint density at radius 2 is 2.06 bits per heavy atom. The Kier molecular flexibility index (Phi) is 4.07. The van der Waals surface area contributed by atoms with E-state index in [1.807, 2.05) is 24.3 Å². The summed E-state index contributed by atoms with van der Waals surface area (Å²) in [5, 5.41) is 0.645. The molecule has 0 aliphatic heterocycles. The van der Waals surface area contributed by atoms with Gasteiger partial charge in [0.25, 0.3) is 0 Å². The van der Waals surface area contributed by atoms with Crippen molar-refractivity contribution < 1.29 is 0 Å². The van der Waals surface area contributed by atoms with Crippen LogP contribution in [0.25, 0.3) is 11.3 Å². The van der Waals surface area contributed by atoms with Crippen molar-refractivity contribution in [2.45, 2.75) is 12.8 Å². The number of hydrogen-bond acceptors (Lipinski definition) is 3. The first-order valence-corrected chi connectivity index (χ1v) is 5.94. The zero-order chi connectivity index (χ0) is 12.1. The van der Waals surface area contributed by atoms with E-state index in [0.717, 1.165) is 29.8 Å². The maximum absolute atomic E-state index is 5.81. The highest BCUT2D eigenvalue weighted by atomic mass is 35.5. The van der Waals surface area contributed by atoms with Crippen LogP contribution in [0.5, 0.6) is 0 Å². The van der Waals surface area contributed by atoms with E-state index in [4.69, 9.17) is 17.3 Å². The Bertz CT molecular complexity index is 482. The molecule has 0 spiro atoms. The van der Waals surface area contributed by atoms with E-state index in [9.17, 15) is 0 Å². The van der Waals surface area contributed by atoms with Gasteiger partial charge in [-0.15, -0.1) is 0 Å². The Balaban J connectivity index is 2.23. The molecule has 0 bridgehead atoms. The second kappa shape index (κ2) is 5.75. The van der Waals surface area contributed by atoms with Crippen LogP contribution in [0.15, 0.2) is 36.7 Å². The minimum Gasteiger partial charge on any atom is -0.330 e. The fraction of sp³-hybridized carbons (Fsp3) is 0.231. The summed E-state index contributed by atoms with van der Waals surface area (Å²) in [7, 11) is 0. The summed E-state index contributed by atoms with van der Waals surface area (Å²) in [6, 6.07) is 7.74. The number of hydrogen-bond donors (Lipinski definition) is 1. The Labute approximate surface area is 106 Å². The van der Waals surface area contributed by atoms with Gasteiger partial charge >= 0.3 is 0 Å². The third kappa shape index (κ3) is 3.25. The van der Waals surface area contributed by atoms with Gasteiger partial charge in [-0.2, -0.15) is 0 Å². The van der Waals surface area contributed by atoms with E-state index in [1.165, 1.54) is 0 Å². The quantitative estimate of drug-likeness (QED) is 0.904. The van der Waals surface area contributed by atoms with Crippen LogP contribution in [-0.2, 0) is 6.42 Å². The average molecular weight is 248 g/mol. The summed E-state index contributed by atoms with van der Waals surface area (Å²) in [6.45, 7) is 0.686. The highest BCUT2D eigenvalue weighted by Crippen LogP contribution is 2.19. The van der Waals surface area contributed by atoms with Gasteiger partial charge in [-0.1, -0.05) is 11.6 Å². The molecule has 0 saturated carbocycles. The maximum atomic E-state index is 5.81. The lowest BCUT2D eigenvalue weighted by Gasteiger charge is -2.03. The lowest BCUT2D eigenvalue weighted by atomic mass is 10.1. The largest absolute Gasteiger partial charge is 0.330 e. The van der Waals surface area contributed by atoms with E-state index in [-0.39, 0.29) is 0 Å². The van der Waals surface area contributed by atoms with Crippen molar-refractivity contribution in [3.8, 4) is 11.3 Å². The van der Waals surface area contributed by atoms with E-state index in [0.29, 0.717) is 11.6 Å². The average Bonchev–Trinajstić information content (AvgIpc) is 2.37. The first-order valence-electron chi connectivity index (χ1n) is 5.56. The molecule has 17 heavy (non-hydrogen) atoms. The molecule has 2 aromatic rings. The van der Waals surface area contributed by atoms with Crippen molar-refractivity contribution in [3.63, 3.8) is 0 Å². The van der Waals surface area contributed by atoms with Crippen LogP contribution in [0.4, 0.5) is 0 Å². The molecule has 0 atom stereocenters. The van der Waals surface area contributed by atoms with Crippen molar-refractivity contribution >= 4 is 11.6 Å². The van der Waals surface area contributed by atoms with Crippen LogP contribution in [0.1, 0.15) is 12.1 Å². The predicted octanol–water partition coefficient (Wildman–Crippen LogP) is 2.69. The van der Waals surface area contributed by atoms with Crippen LogP contribution in [-0.4, -0.2) is 16.5 Å².